The second-order valence-electron chi connectivity index (χ2n) is 7.18. The first-order chi connectivity index (χ1) is 12.9. The van der Waals surface area contributed by atoms with Gasteiger partial charge >= 0.3 is 15.2 Å². The molecule has 2 rings (SSSR count). The summed E-state index contributed by atoms with van der Waals surface area (Å²) in [6.45, 7) is 8.66. The lowest BCUT2D eigenvalue weighted by atomic mass is 9.80. The van der Waals surface area contributed by atoms with E-state index in [4.69, 9.17) is 18.1 Å². The average molecular weight is 425 g/mol. The Kier molecular flexibility index (Phi) is 9.01. The van der Waals surface area contributed by atoms with Crippen LogP contribution in [0.15, 0.2) is 0 Å². The van der Waals surface area contributed by atoms with Crippen LogP contribution in [-0.2, 0) is 27.2 Å². The molecule has 1 heterocycles. The molecule has 0 aromatic carbocycles. The molecule has 1 saturated carbocycles. The van der Waals surface area contributed by atoms with Crippen LogP contribution < -0.4 is 0 Å². The van der Waals surface area contributed by atoms with Gasteiger partial charge in [-0.05, 0) is 53.4 Å². The standard InChI is InChI=1S/C18H37NO6P2/c1-5-22-26(20,23-6-2)17(27(21,24-7-3)25-8-4)19-16-12-15-18(19)13-10-9-11-14-18/h17H,5-16H2,1-4H3. The van der Waals surface area contributed by atoms with Crippen LogP contribution in [0.5, 0.6) is 0 Å². The van der Waals surface area contributed by atoms with Gasteiger partial charge in [0.05, 0.1) is 26.4 Å². The monoisotopic (exact) mass is 425 g/mol. The van der Waals surface area contributed by atoms with Crippen LogP contribution in [0, 0.1) is 0 Å². The summed E-state index contributed by atoms with van der Waals surface area (Å²) >= 11 is 0. The number of rotatable bonds is 11. The van der Waals surface area contributed by atoms with Gasteiger partial charge in [0.1, 0.15) is 0 Å². The van der Waals surface area contributed by atoms with Gasteiger partial charge in [0.25, 0.3) is 0 Å². The summed E-state index contributed by atoms with van der Waals surface area (Å²) in [6, 6.07) is 0. The quantitative estimate of drug-likeness (QED) is 0.399. The Hall–Kier alpha value is 0.260. The highest BCUT2D eigenvalue weighted by atomic mass is 31.2. The zero-order valence-electron chi connectivity index (χ0n) is 17.4. The maximum atomic E-state index is 13.9. The first kappa shape index (κ1) is 23.5. The second-order valence-corrected chi connectivity index (χ2v) is 11.8. The molecule has 0 aromatic rings. The molecule has 7 nitrogen and oxygen atoms in total. The van der Waals surface area contributed by atoms with Gasteiger partial charge in [-0.25, -0.2) is 0 Å². The summed E-state index contributed by atoms with van der Waals surface area (Å²) in [5.74, 6) is 0. The summed E-state index contributed by atoms with van der Waals surface area (Å²) in [6.07, 6.45) is 7.49. The molecule has 1 saturated heterocycles. The topological polar surface area (TPSA) is 74.3 Å². The highest BCUT2D eigenvalue weighted by Crippen LogP contribution is 2.73. The van der Waals surface area contributed by atoms with Crippen LogP contribution in [-0.4, -0.2) is 48.9 Å². The molecule has 9 heteroatoms. The highest BCUT2D eigenvalue weighted by Gasteiger charge is 2.60. The van der Waals surface area contributed by atoms with Gasteiger partial charge in [-0.1, -0.05) is 19.3 Å². The number of hydrogen-bond donors (Lipinski definition) is 0. The van der Waals surface area contributed by atoms with Gasteiger partial charge in [0.2, 0.25) is 5.52 Å². The van der Waals surface area contributed by atoms with Crippen molar-refractivity contribution in [2.24, 2.45) is 0 Å². The highest BCUT2D eigenvalue weighted by molar-refractivity contribution is 7.72. The minimum Gasteiger partial charge on any atom is -0.307 e. The van der Waals surface area contributed by atoms with E-state index in [9.17, 15) is 9.13 Å². The van der Waals surface area contributed by atoms with Crippen LogP contribution in [0.1, 0.15) is 72.6 Å². The van der Waals surface area contributed by atoms with Crippen molar-refractivity contribution in [3.8, 4) is 0 Å². The van der Waals surface area contributed by atoms with E-state index in [2.05, 4.69) is 4.90 Å². The molecule has 27 heavy (non-hydrogen) atoms. The van der Waals surface area contributed by atoms with Gasteiger partial charge in [0.15, 0.2) is 0 Å². The van der Waals surface area contributed by atoms with Gasteiger partial charge in [-0.2, -0.15) is 0 Å². The zero-order chi connectivity index (χ0) is 20.0. The van der Waals surface area contributed by atoms with Gasteiger partial charge in [0, 0.05) is 12.1 Å². The van der Waals surface area contributed by atoms with Crippen molar-refractivity contribution in [1.82, 2.24) is 4.90 Å². The number of hydrogen-bond acceptors (Lipinski definition) is 7. The predicted octanol–water partition coefficient (Wildman–Crippen LogP) is 5.60. The summed E-state index contributed by atoms with van der Waals surface area (Å²) in [7, 11) is -7.48. The van der Waals surface area contributed by atoms with Crippen molar-refractivity contribution >= 4 is 15.2 Å². The molecule has 2 fully saturated rings. The van der Waals surface area contributed by atoms with E-state index in [1.165, 1.54) is 6.42 Å². The minimum absolute atomic E-state index is 0.114. The van der Waals surface area contributed by atoms with E-state index >= 15 is 0 Å². The maximum Gasteiger partial charge on any atom is 0.360 e. The van der Waals surface area contributed by atoms with E-state index < -0.39 is 20.7 Å². The fraction of sp³-hybridized carbons (Fsp3) is 1.00. The molecule has 0 unspecified atom stereocenters. The van der Waals surface area contributed by atoms with Gasteiger partial charge in [-0.3, -0.25) is 14.0 Å². The molecular formula is C18H37NO6P2. The fourth-order valence-electron chi connectivity index (χ4n) is 4.64. The predicted molar refractivity (Wildman–Crippen MR) is 107 cm³/mol. The third kappa shape index (κ3) is 5.06. The minimum atomic E-state index is -3.74. The molecule has 1 spiro atoms. The van der Waals surface area contributed by atoms with Crippen LogP contribution in [0.25, 0.3) is 0 Å². The summed E-state index contributed by atoms with van der Waals surface area (Å²) in [4.78, 5) is 2.13. The first-order valence-electron chi connectivity index (χ1n) is 10.5. The van der Waals surface area contributed by atoms with E-state index in [1.807, 2.05) is 0 Å². The Balaban J connectivity index is 2.54. The summed E-state index contributed by atoms with van der Waals surface area (Å²) in [5.41, 5.74) is -1.12. The molecule has 0 N–H and O–H groups in total. The molecule has 1 aliphatic heterocycles. The maximum absolute atomic E-state index is 13.9. The SMILES string of the molecule is CCOP(=O)(OCC)C(N1CCCC12CCCCC2)P(=O)(OCC)OCC. The Bertz CT molecular complexity index is 502. The lowest BCUT2D eigenvalue weighted by molar-refractivity contribution is 0.0693. The normalized spacial score (nSPS) is 21.4. The van der Waals surface area contributed by atoms with Gasteiger partial charge in [-0.15, -0.1) is 0 Å². The van der Waals surface area contributed by atoms with Crippen molar-refractivity contribution in [1.29, 1.82) is 0 Å². The van der Waals surface area contributed by atoms with Crippen LogP contribution >= 0.6 is 15.2 Å². The molecule has 0 atom stereocenters. The van der Waals surface area contributed by atoms with Crippen molar-refractivity contribution in [2.75, 3.05) is 33.0 Å². The molecule has 160 valence electrons. The molecule has 0 aromatic heterocycles. The van der Waals surface area contributed by atoms with Crippen LogP contribution in [0.4, 0.5) is 0 Å². The van der Waals surface area contributed by atoms with Crippen molar-refractivity contribution < 1.29 is 27.2 Å². The average Bonchev–Trinajstić information content (AvgIpc) is 2.98. The smallest absolute Gasteiger partial charge is 0.307 e. The van der Waals surface area contributed by atoms with Crippen molar-refractivity contribution in [2.45, 2.75) is 83.7 Å². The third-order valence-corrected chi connectivity index (χ3v) is 11.4. The van der Waals surface area contributed by atoms with Crippen LogP contribution in [0.2, 0.25) is 0 Å². The lowest BCUT2D eigenvalue weighted by Crippen LogP contribution is -2.51. The van der Waals surface area contributed by atoms with Crippen LogP contribution in [0.3, 0.4) is 0 Å². The molecule has 0 bridgehead atoms. The number of likely N-dealkylation sites (tertiary alicyclic amines) is 1. The van der Waals surface area contributed by atoms with E-state index in [1.54, 1.807) is 27.7 Å². The Labute approximate surface area is 164 Å². The lowest BCUT2D eigenvalue weighted by Gasteiger charge is -2.47. The summed E-state index contributed by atoms with van der Waals surface area (Å²) < 4.78 is 50.5. The zero-order valence-corrected chi connectivity index (χ0v) is 19.1. The number of nitrogens with zero attached hydrogens (tertiary/aromatic N) is 1. The Morgan fingerprint density at radius 1 is 0.741 bits per heavy atom. The summed E-state index contributed by atoms with van der Waals surface area (Å²) in [5, 5.41) is 0. The fourth-order valence-corrected chi connectivity index (χ4v) is 10.4. The third-order valence-electron chi connectivity index (χ3n) is 5.52. The molecule has 2 aliphatic rings. The molecule has 0 amide bonds. The van der Waals surface area contributed by atoms with Crippen molar-refractivity contribution in [3.63, 3.8) is 0 Å². The second kappa shape index (κ2) is 10.3. The van der Waals surface area contributed by atoms with Crippen molar-refractivity contribution in [3.05, 3.63) is 0 Å². The van der Waals surface area contributed by atoms with Gasteiger partial charge < -0.3 is 18.1 Å². The molecule has 0 radical (unpaired) electrons. The molecular weight excluding hydrogens is 388 g/mol. The van der Waals surface area contributed by atoms with E-state index in [0.717, 1.165) is 38.5 Å². The van der Waals surface area contributed by atoms with E-state index in [0.29, 0.717) is 6.54 Å². The largest absolute Gasteiger partial charge is 0.360 e. The van der Waals surface area contributed by atoms with E-state index in [-0.39, 0.29) is 32.0 Å². The Morgan fingerprint density at radius 3 is 1.56 bits per heavy atom. The molecule has 1 aliphatic carbocycles. The Morgan fingerprint density at radius 2 is 1.15 bits per heavy atom. The first-order valence-corrected chi connectivity index (χ1v) is 13.7.